The summed E-state index contributed by atoms with van der Waals surface area (Å²) in [5, 5.41) is 8.72. The van der Waals surface area contributed by atoms with Crippen LogP contribution in [0.5, 0.6) is 0 Å². The maximum Gasteiger partial charge on any atom is 0.416 e. The van der Waals surface area contributed by atoms with Gasteiger partial charge >= 0.3 is 12.1 Å². The molecule has 19 heavy (non-hydrogen) atoms. The van der Waals surface area contributed by atoms with Gasteiger partial charge in [0.2, 0.25) is 0 Å². The fourth-order valence-corrected chi connectivity index (χ4v) is 1.34. The van der Waals surface area contributed by atoms with Crippen molar-refractivity contribution in [3.05, 3.63) is 24.4 Å². The van der Waals surface area contributed by atoms with Gasteiger partial charge in [0.25, 0.3) is 0 Å². The molecule has 1 aromatic heterocycles. The van der Waals surface area contributed by atoms with Crippen LogP contribution in [0, 0.1) is 0 Å². The molecule has 0 aliphatic rings. The van der Waals surface area contributed by atoms with Crippen LogP contribution in [0.4, 0.5) is 10.6 Å². The molecule has 104 valence electrons. The van der Waals surface area contributed by atoms with Crippen molar-refractivity contribution < 1.29 is 19.4 Å². The quantitative estimate of drug-likeness (QED) is 0.904. The zero-order valence-electron chi connectivity index (χ0n) is 11.3. The summed E-state index contributed by atoms with van der Waals surface area (Å²) < 4.78 is 5.24. The summed E-state index contributed by atoms with van der Waals surface area (Å²) in [5.41, 5.74) is -0.645. The highest BCUT2D eigenvalue weighted by Crippen LogP contribution is 2.16. The highest BCUT2D eigenvalue weighted by molar-refractivity contribution is 5.87. The molecular weight excluding hydrogens is 248 g/mol. The van der Waals surface area contributed by atoms with E-state index in [1.54, 1.807) is 39.0 Å². The van der Waals surface area contributed by atoms with Gasteiger partial charge in [-0.15, -0.1) is 0 Å². The Morgan fingerprint density at radius 2 is 2.05 bits per heavy atom. The fourth-order valence-electron chi connectivity index (χ4n) is 1.34. The van der Waals surface area contributed by atoms with Gasteiger partial charge < -0.3 is 9.84 Å². The van der Waals surface area contributed by atoms with Gasteiger partial charge in [0.05, 0.1) is 6.42 Å². The number of anilines is 1. The van der Waals surface area contributed by atoms with E-state index in [0.29, 0.717) is 5.82 Å². The summed E-state index contributed by atoms with van der Waals surface area (Å²) in [6, 6.07) is 5.07. The minimum atomic E-state index is -0.982. The van der Waals surface area contributed by atoms with Crippen LogP contribution in [-0.2, 0) is 9.53 Å². The molecule has 6 heteroatoms. The first-order valence-electron chi connectivity index (χ1n) is 5.93. The summed E-state index contributed by atoms with van der Waals surface area (Å²) in [4.78, 5) is 27.9. The Bertz CT molecular complexity index is 440. The van der Waals surface area contributed by atoms with Gasteiger partial charge in [-0.25, -0.2) is 9.78 Å². The molecular formula is C13H18N2O4. The van der Waals surface area contributed by atoms with E-state index in [1.807, 2.05) is 0 Å². The van der Waals surface area contributed by atoms with Crippen molar-refractivity contribution in [3.63, 3.8) is 0 Å². The van der Waals surface area contributed by atoms with Crippen molar-refractivity contribution in [3.8, 4) is 0 Å². The highest BCUT2D eigenvalue weighted by Gasteiger charge is 2.24. The molecule has 0 aliphatic heterocycles. The van der Waals surface area contributed by atoms with Gasteiger partial charge in [-0.2, -0.15) is 0 Å². The number of amides is 1. The minimum Gasteiger partial charge on any atom is -0.481 e. The Labute approximate surface area is 112 Å². The lowest BCUT2D eigenvalue weighted by Gasteiger charge is -2.26. The number of rotatable bonds is 4. The molecule has 0 atom stereocenters. The van der Waals surface area contributed by atoms with Gasteiger partial charge in [-0.3, -0.25) is 9.69 Å². The number of ether oxygens (including phenoxy) is 1. The van der Waals surface area contributed by atoms with E-state index in [-0.39, 0.29) is 13.0 Å². The van der Waals surface area contributed by atoms with Crippen molar-refractivity contribution in [2.45, 2.75) is 32.8 Å². The number of carboxylic acid groups (broad SMARTS) is 1. The molecule has 0 fully saturated rings. The van der Waals surface area contributed by atoms with E-state index < -0.39 is 17.7 Å². The average Bonchev–Trinajstić information content (AvgIpc) is 2.27. The van der Waals surface area contributed by atoms with Gasteiger partial charge in [0.1, 0.15) is 11.4 Å². The molecule has 1 aromatic rings. The lowest BCUT2D eigenvalue weighted by molar-refractivity contribution is -0.136. The number of carbonyl (C=O) groups is 2. The second kappa shape index (κ2) is 6.17. The molecule has 0 aromatic carbocycles. The maximum atomic E-state index is 12.0. The molecule has 0 radical (unpaired) electrons. The third kappa shape index (κ3) is 5.37. The van der Waals surface area contributed by atoms with Crippen LogP contribution >= 0.6 is 0 Å². The fraction of sp³-hybridized carbons (Fsp3) is 0.462. The zero-order valence-corrected chi connectivity index (χ0v) is 11.3. The molecule has 0 bridgehead atoms. The summed E-state index contributed by atoms with van der Waals surface area (Å²) in [6.07, 6.45) is 0.760. The number of nitrogens with zero attached hydrogens (tertiary/aromatic N) is 2. The maximum absolute atomic E-state index is 12.0. The van der Waals surface area contributed by atoms with Gasteiger partial charge in [0, 0.05) is 12.7 Å². The predicted octanol–water partition coefficient (Wildman–Crippen LogP) is 2.30. The van der Waals surface area contributed by atoms with Crippen molar-refractivity contribution in [1.29, 1.82) is 0 Å². The van der Waals surface area contributed by atoms with E-state index in [4.69, 9.17) is 9.84 Å². The Morgan fingerprint density at radius 1 is 1.37 bits per heavy atom. The van der Waals surface area contributed by atoms with Crippen LogP contribution in [-0.4, -0.2) is 34.3 Å². The van der Waals surface area contributed by atoms with E-state index >= 15 is 0 Å². The third-order valence-electron chi connectivity index (χ3n) is 2.09. The van der Waals surface area contributed by atoms with Crippen molar-refractivity contribution in [2.24, 2.45) is 0 Å². The summed E-state index contributed by atoms with van der Waals surface area (Å²) >= 11 is 0. The Kier molecular flexibility index (Phi) is 4.86. The van der Waals surface area contributed by atoms with Crippen LogP contribution < -0.4 is 4.90 Å². The lowest BCUT2D eigenvalue weighted by atomic mass is 10.2. The van der Waals surface area contributed by atoms with Crippen molar-refractivity contribution in [1.82, 2.24) is 4.98 Å². The van der Waals surface area contributed by atoms with Gasteiger partial charge in [-0.05, 0) is 32.9 Å². The number of hydrogen-bond donors (Lipinski definition) is 1. The topological polar surface area (TPSA) is 79.7 Å². The van der Waals surface area contributed by atoms with E-state index in [2.05, 4.69) is 4.98 Å². The first-order valence-corrected chi connectivity index (χ1v) is 5.93. The third-order valence-corrected chi connectivity index (χ3v) is 2.09. The minimum absolute atomic E-state index is 0.0151. The van der Waals surface area contributed by atoms with Crippen LogP contribution in [0.25, 0.3) is 0 Å². The molecule has 1 rings (SSSR count). The molecule has 1 heterocycles. The first kappa shape index (κ1) is 14.9. The summed E-state index contributed by atoms with van der Waals surface area (Å²) in [7, 11) is 0. The van der Waals surface area contributed by atoms with Gasteiger partial charge in [-0.1, -0.05) is 6.07 Å². The second-order valence-electron chi connectivity index (χ2n) is 4.96. The molecule has 1 N–H and O–H groups in total. The zero-order chi connectivity index (χ0) is 14.5. The number of carboxylic acids is 1. The average molecular weight is 266 g/mol. The number of pyridine rings is 1. The molecule has 0 saturated carbocycles. The SMILES string of the molecule is CC(C)(C)OC(=O)N(CCC(=O)O)c1ccccn1. The van der Waals surface area contributed by atoms with E-state index in [1.165, 1.54) is 11.1 Å². The van der Waals surface area contributed by atoms with Crippen LogP contribution in [0.3, 0.4) is 0 Å². The first-order chi connectivity index (χ1) is 8.79. The Morgan fingerprint density at radius 3 is 2.53 bits per heavy atom. The lowest BCUT2D eigenvalue weighted by Crippen LogP contribution is -2.38. The van der Waals surface area contributed by atoms with Crippen molar-refractivity contribution in [2.75, 3.05) is 11.4 Å². The van der Waals surface area contributed by atoms with E-state index in [9.17, 15) is 9.59 Å². The molecule has 0 spiro atoms. The molecule has 0 unspecified atom stereocenters. The molecule has 0 aliphatic carbocycles. The Hall–Kier alpha value is -2.11. The Balaban J connectivity index is 2.86. The highest BCUT2D eigenvalue weighted by atomic mass is 16.6. The van der Waals surface area contributed by atoms with E-state index in [0.717, 1.165) is 0 Å². The smallest absolute Gasteiger partial charge is 0.416 e. The molecule has 6 nitrogen and oxygen atoms in total. The van der Waals surface area contributed by atoms with Crippen LogP contribution in [0.1, 0.15) is 27.2 Å². The van der Waals surface area contributed by atoms with Crippen LogP contribution in [0.2, 0.25) is 0 Å². The number of aliphatic carboxylic acids is 1. The predicted molar refractivity (Wildman–Crippen MR) is 70.1 cm³/mol. The number of hydrogen-bond acceptors (Lipinski definition) is 4. The van der Waals surface area contributed by atoms with Crippen LogP contribution in [0.15, 0.2) is 24.4 Å². The molecule has 1 amide bonds. The summed E-state index contributed by atoms with van der Waals surface area (Å²) in [6.45, 7) is 5.26. The standard InChI is InChI=1S/C13H18N2O4/c1-13(2,3)19-12(18)15(9-7-11(16)17)10-6-4-5-8-14-10/h4-6,8H,7,9H2,1-3H3,(H,16,17). The largest absolute Gasteiger partial charge is 0.481 e. The monoisotopic (exact) mass is 266 g/mol. The second-order valence-corrected chi connectivity index (χ2v) is 4.96. The molecule has 0 saturated heterocycles. The van der Waals surface area contributed by atoms with Crippen molar-refractivity contribution >= 4 is 17.9 Å². The van der Waals surface area contributed by atoms with Gasteiger partial charge in [0.15, 0.2) is 0 Å². The number of aromatic nitrogens is 1. The normalized spacial score (nSPS) is 10.9. The summed E-state index contributed by atoms with van der Waals surface area (Å²) in [5.74, 6) is -0.609. The number of carbonyl (C=O) groups excluding carboxylic acids is 1.